The summed E-state index contributed by atoms with van der Waals surface area (Å²) in [7, 11) is 0. The Labute approximate surface area is 104 Å². The van der Waals surface area contributed by atoms with Crippen LogP contribution in [-0.4, -0.2) is 12.1 Å². The standard InChI is InChI=1S/C15H23NO/c1-11(2)17-15-8-6-12(7-9-15)13-4-3-5-14(16)10-13/h6-9,11,13-14H,3-5,10,16H2,1-2H3. The van der Waals surface area contributed by atoms with Gasteiger partial charge in [-0.1, -0.05) is 18.6 Å². The number of hydrogen-bond acceptors (Lipinski definition) is 2. The Kier molecular flexibility index (Phi) is 4.06. The second-order valence-corrected chi connectivity index (χ2v) is 5.36. The van der Waals surface area contributed by atoms with Gasteiger partial charge in [0.2, 0.25) is 0 Å². The minimum absolute atomic E-state index is 0.240. The third-order valence-electron chi connectivity index (χ3n) is 3.44. The highest BCUT2D eigenvalue weighted by Crippen LogP contribution is 2.32. The van der Waals surface area contributed by atoms with Crippen molar-refractivity contribution >= 4 is 0 Å². The van der Waals surface area contributed by atoms with Gasteiger partial charge in [-0.05, 0) is 56.7 Å². The Morgan fingerprint density at radius 1 is 1.18 bits per heavy atom. The molecule has 0 saturated heterocycles. The topological polar surface area (TPSA) is 35.2 Å². The molecule has 1 aliphatic carbocycles. The van der Waals surface area contributed by atoms with Crippen molar-refractivity contribution in [2.45, 2.75) is 57.6 Å². The van der Waals surface area contributed by atoms with Crippen molar-refractivity contribution < 1.29 is 4.74 Å². The zero-order valence-corrected chi connectivity index (χ0v) is 10.9. The lowest BCUT2D eigenvalue weighted by Crippen LogP contribution is -2.26. The first-order chi connectivity index (χ1) is 8.15. The molecule has 0 aliphatic heterocycles. The van der Waals surface area contributed by atoms with Crippen molar-refractivity contribution in [3.8, 4) is 5.75 Å². The Balaban J connectivity index is 2.01. The van der Waals surface area contributed by atoms with Crippen molar-refractivity contribution in [3.63, 3.8) is 0 Å². The highest BCUT2D eigenvalue weighted by molar-refractivity contribution is 5.30. The first-order valence-corrected chi connectivity index (χ1v) is 6.67. The minimum Gasteiger partial charge on any atom is -0.491 e. The smallest absolute Gasteiger partial charge is 0.119 e. The fourth-order valence-corrected chi connectivity index (χ4v) is 2.62. The summed E-state index contributed by atoms with van der Waals surface area (Å²) < 4.78 is 5.65. The molecule has 0 heterocycles. The van der Waals surface area contributed by atoms with E-state index < -0.39 is 0 Å². The molecule has 0 spiro atoms. The van der Waals surface area contributed by atoms with Crippen LogP contribution in [0.2, 0.25) is 0 Å². The zero-order valence-electron chi connectivity index (χ0n) is 10.9. The maximum absolute atomic E-state index is 6.03. The lowest BCUT2D eigenvalue weighted by molar-refractivity contribution is 0.242. The Hall–Kier alpha value is -1.02. The summed E-state index contributed by atoms with van der Waals surface area (Å²) in [4.78, 5) is 0. The summed E-state index contributed by atoms with van der Waals surface area (Å²) in [5.74, 6) is 1.61. The highest BCUT2D eigenvalue weighted by Gasteiger charge is 2.20. The van der Waals surface area contributed by atoms with Crippen LogP contribution in [0.3, 0.4) is 0 Å². The van der Waals surface area contributed by atoms with Gasteiger partial charge in [0.05, 0.1) is 6.10 Å². The van der Waals surface area contributed by atoms with E-state index in [-0.39, 0.29) is 6.10 Å². The van der Waals surface area contributed by atoms with Crippen molar-refractivity contribution in [2.75, 3.05) is 0 Å². The predicted octanol–water partition coefficient (Wildman–Crippen LogP) is 3.46. The quantitative estimate of drug-likeness (QED) is 0.867. The van der Waals surface area contributed by atoms with Crippen LogP contribution in [0, 0.1) is 0 Å². The molecule has 1 aliphatic rings. The van der Waals surface area contributed by atoms with Crippen LogP contribution in [0.4, 0.5) is 0 Å². The molecular weight excluding hydrogens is 210 g/mol. The third-order valence-corrected chi connectivity index (χ3v) is 3.44. The maximum Gasteiger partial charge on any atom is 0.119 e. The van der Waals surface area contributed by atoms with Crippen LogP contribution in [-0.2, 0) is 0 Å². The molecule has 2 N–H and O–H groups in total. The molecule has 0 aromatic heterocycles. The van der Waals surface area contributed by atoms with Crippen LogP contribution in [0.5, 0.6) is 5.75 Å². The van der Waals surface area contributed by atoms with Gasteiger partial charge in [-0.15, -0.1) is 0 Å². The van der Waals surface area contributed by atoms with Crippen molar-refractivity contribution in [1.29, 1.82) is 0 Å². The number of ether oxygens (including phenoxy) is 1. The summed E-state index contributed by atoms with van der Waals surface area (Å²) in [5.41, 5.74) is 7.45. The summed E-state index contributed by atoms with van der Waals surface area (Å²) in [6.45, 7) is 4.10. The Morgan fingerprint density at radius 3 is 2.47 bits per heavy atom. The van der Waals surface area contributed by atoms with E-state index in [9.17, 15) is 0 Å². The van der Waals surface area contributed by atoms with Gasteiger partial charge in [0.15, 0.2) is 0 Å². The number of hydrogen-bond donors (Lipinski definition) is 1. The summed E-state index contributed by atoms with van der Waals surface area (Å²) >= 11 is 0. The average Bonchev–Trinajstić information content (AvgIpc) is 2.29. The molecule has 2 rings (SSSR count). The van der Waals surface area contributed by atoms with Crippen LogP contribution in [0.1, 0.15) is 51.0 Å². The largest absolute Gasteiger partial charge is 0.491 e. The van der Waals surface area contributed by atoms with Crippen LogP contribution >= 0.6 is 0 Å². The fraction of sp³-hybridized carbons (Fsp3) is 0.600. The molecule has 2 unspecified atom stereocenters. The van der Waals surface area contributed by atoms with Gasteiger partial charge in [0.25, 0.3) is 0 Å². The van der Waals surface area contributed by atoms with Crippen LogP contribution < -0.4 is 10.5 Å². The molecule has 2 atom stereocenters. The van der Waals surface area contributed by atoms with Gasteiger partial charge >= 0.3 is 0 Å². The van der Waals surface area contributed by atoms with Gasteiger partial charge in [-0.2, -0.15) is 0 Å². The summed E-state index contributed by atoms with van der Waals surface area (Å²) in [5, 5.41) is 0. The molecule has 0 radical (unpaired) electrons. The average molecular weight is 233 g/mol. The van der Waals surface area contributed by atoms with Crippen molar-refractivity contribution in [1.82, 2.24) is 0 Å². The van der Waals surface area contributed by atoms with E-state index in [1.807, 2.05) is 13.8 Å². The molecule has 1 fully saturated rings. The number of nitrogens with two attached hydrogens (primary N) is 1. The third kappa shape index (κ3) is 3.47. The molecule has 1 aromatic carbocycles. The molecule has 1 saturated carbocycles. The molecule has 1 aromatic rings. The van der Waals surface area contributed by atoms with E-state index in [0.29, 0.717) is 12.0 Å². The van der Waals surface area contributed by atoms with Gasteiger partial charge in [-0.25, -0.2) is 0 Å². The second kappa shape index (κ2) is 5.54. The summed E-state index contributed by atoms with van der Waals surface area (Å²) in [6.07, 6.45) is 5.09. The van der Waals surface area contributed by atoms with Crippen LogP contribution in [0.15, 0.2) is 24.3 Å². The summed E-state index contributed by atoms with van der Waals surface area (Å²) in [6, 6.07) is 8.94. The molecule has 0 bridgehead atoms. The monoisotopic (exact) mass is 233 g/mol. The molecule has 94 valence electrons. The predicted molar refractivity (Wildman–Crippen MR) is 71.4 cm³/mol. The minimum atomic E-state index is 0.240. The zero-order chi connectivity index (χ0) is 12.3. The maximum atomic E-state index is 6.03. The van der Waals surface area contributed by atoms with E-state index in [4.69, 9.17) is 10.5 Å². The van der Waals surface area contributed by atoms with E-state index in [1.54, 1.807) is 0 Å². The SMILES string of the molecule is CC(C)Oc1ccc(C2CCCC(N)C2)cc1. The molecule has 2 nitrogen and oxygen atoms in total. The van der Waals surface area contributed by atoms with Crippen molar-refractivity contribution in [2.24, 2.45) is 5.73 Å². The molecular formula is C15H23NO. The molecule has 0 amide bonds. The molecule has 17 heavy (non-hydrogen) atoms. The first kappa shape index (κ1) is 12.4. The fourth-order valence-electron chi connectivity index (χ4n) is 2.62. The molecule has 2 heteroatoms. The van der Waals surface area contributed by atoms with Crippen molar-refractivity contribution in [3.05, 3.63) is 29.8 Å². The van der Waals surface area contributed by atoms with E-state index >= 15 is 0 Å². The first-order valence-electron chi connectivity index (χ1n) is 6.67. The highest BCUT2D eigenvalue weighted by atomic mass is 16.5. The van der Waals surface area contributed by atoms with E-state index in [2.05, 4.69) is 24.3 Å². The second-order valence-electron chi connectivity index (χ2n) is 5.36. The number of benzene rings is 1. The van der Waals surface area contributed by atoms with Gasteiger partial charge in [0.1, 0.15) is 5.75 Å². The normalized spacial score (nSPS) is 24.9. The Morgan fingerprint density at radius 2 is 1.88 bits per heavy atom. The van der Waals surface area contributed by atoms with Gasteiger partial charge < -0.3 is 10.5 Å². The Bertz CT molecular complexity index is 344. The van der Waals surface area contributed by atoms with Gasteiger partial charge in [0, 0.05) is 6.04 Å². The van der Waals surface area contributed by atoms with Gasteiger partial charge in [-0.3, -0.25) is 0 Å². The lowest BCUT2D eigenvalue weighted by Gasteiger charge is -2.27. The van der Waals surface area contributed by atoms with E-state index in [0.717, 1.165) is 12.2 Å². The lowest BCUT2D eigenvalue weighted by atomic mass is 9.82. The number of rotatable bonds is 3. The van der Waals surface area contributed by atoms with E-state index in [1.165, 1.54) is 24.8 Å². The van der Waals surface area contributed by atoms with Crippen LogP contribution in [0.25, 0.3) is 0 Å².